The quantitative estimate of drug-likeness (QED) is 0.638. The Morgan fingerprint density at radius 1 is 1.33 bits per heavy atom. The van der Waals surface area contributed by atoms with Crippen molar-refractivity contribution < 1.29 is 8.42 Å². The van der Waals surface area contributed by atoms with Crippen LogP contribution in [0.2, 0.25) is 0 Å². The first kappa shape index (κ1) is 16.5. The van der Waals surface area contributed by atoms with E-state index in [0.29, 0.717) is 24.6 Å². The lowest BCUT2D eigenvalue weighted by molar-refractivity contribution is 0.357. The molecule has 1 aliphatic carbocycles. The van der Waals surface area contributed by atoms with Gasteiger partial charge in [-0.3, -0.25) is 5.10 Å². The van der Waals surface area contributed by atoms with Gasteiger partial charge in [0, 0.05) is 18.7 Å². The van der Waals surface area contributed by atoms with Crippen molar-refractivity contribution >= 4 is 10.0 Å². The molecule has 21 heavy (non-hydrogen) atoms. The molecule has 6 nitrogen and oxygen atoms in total. The van der Waals surface area contributed by atoms with Crippen LogP contribution in [0.5, 0.6) is 0 Å². The van der Waals surface area contributed by atoms with Gasteiger partial charge in [-0.1, -0.05) is 26.2 Å². The third kappa shape index (κ3) is 4.79. The van der Waals surface area contributed by atoms with Crippen LogP contribution in [0.1, 0.15) is 51.0 Å². The Morgan fingerprint density at radius 3 is 2.81 bits per heavy atom. The van der Waals surface area contributed by atoms with Gasteiger partial charge in [-0.05, 0) is 31.7 Å². The summed E-state index contributed by atoms with van der Waals surface area (Å²) in [6.07, 6.45) is 8.53. The minimum absolute atomic E-state index is 0.196. The summed E-state index contributed by atoms with van der Waals surface area (Å²) < 4.78 is 27.5. The molecule has 1 heterocycles. The molecule has 1 saturated carbocycles. The van der Waals surface area contributed by atoms with Crippen molar-refractivity contribution in [1.29, 1.82) is 0 Å². The smallest absolute Gasteiger partial charge is 0.257 e. The minimum atomic E-state index is -3.49. The van der Waals surface area contributed by atoms with Crippen LogP contribution in [0.3, 0.4) is 0 Å². The second-order valence-corrected chi connectivity index (χ2v) is 7.46. The van der Waals surface area contributed by atoms with E-state index in [1.165, 1.54) is 19.3 Å². The van der Waals surface area contributed by atoms with E-state index < -0.39 is 10.0 Å². The summed E-state index contributed by atoms with van der Waals surface area (Å²) in [5.74, 6) is 0.470. The second-order valence-electron chi connectivity index (χ2n) is 5.76. The van der Waals surface area contributed by atoms with Crippen LogP contribution in [0.15, 0.2) is 11.2 Å². The third-order valence-corrected chi connectivity index (χ3v) is 5.41. The van der Waals surface area contributed by atoms with Gasteiger partial charge in [0.05, 0.1) is 6.20 Å². The number of nitrogens with one attached hydrogen (secondary N) is 3. The summed E-state index contributed by atoms with van der Waals surface area (Å²) >= 11 is 0. The van der Waals surface area contributed by atoms with E-state index in [1.54, 1.807) is 6.20 Å². The fourth-order valence-corrected chi connectivity index (χ4v) is 3.99. The molecule has 0 atom stereocenters. The monoisotopic (exact) mass is 314 g/mol. The highest BCUT2D eigenvalue weighted by molar-refractivity contribution is 7.89. The summed E-state index contributed by atoms with van der Waals surface area (Å²) in [4.78, 5) is 0. The van der Waals surface area contributed by atoms with Crippen LogP contribution < -0.4 is 10.0 Å². The largest absolute Gasteiger partial charge is 0.313 e. The van der Waals surface area contributed by atoms with Gasteiger partial charge in [-0.2, -0.15) is 5.10 Å². The molecule has 0 unspecified atom stereocenters. The molecule has 7 heteroatoms. The zero-order valence-corrected chi connectivity index (χ0v) is 13.5. The summed E-state index contributed by atoms with van der Waals surface area (Å²) in [5.41, 5.74) is 0.694. The molecule has 0 aliphatic heterocycles. The first-order chi connectivity index (χ1) is 10.1. The SMILES string of the molecule is CCCNCc1cn[nH]c1S(=O)(=O)NCC1CCCCC1. The number of nitrogens with zero attached hydrogens (tertiary/aromatic N) is 1. The van der Waals surface area contributed by atoms with E-state index in [2.05, 4.69) is 27.2 Å². The zero-order chi connectivity index (χ0) is 15.1. The number of sulfonamides is 1. The van der Waals surface area contributed by atoms with Gasteiger partial charge in [0.15, 0.2) is 5.03 Å². The van der Waals surface area contributed by atoms with Gasteiger partial charge < -0.3 is 5.32 Å². The first-order valence-electron chi connectivity index (χ1n) is 7.86. The van der Waals surface area contributed by atoms with Crippen molar-refractivity contribution in [2.75, 3.05) is 13.1 Å². The van der Waals surface area contributed by atoms with Crippen LogP contribution in [0.4, 0.5) is 0 Å². The normalized spacial score (nSPS) is 17.2. The van der Waals surface area contributed by atoms with E-state index in [-0.39, 0.29) is 5.03 Å². The van der Waals surface area contributed by atoms with E-state index in [0.717, 1.165) is 25.8 Å². The van der Waals surface area contributed by atoms with Crippen LogP contribution in [0.25, 0.3) is 0 Å². The van der Waals surface area contributed by atoms with Gasteiger partial charge in [0.2, 0.25) is 0 Å². The van der Waals surface area contributed by atoms with Crippen molar-refractivity contribution in [3.05, 3.63) is 11.8 Å². The van der Waals surface area contributed by atoms with Crippen molar-refractivity contribution in [3.8, 4) is 0 Å². The van der Waals surface area contributed by atoms with E-state index in [9.17, 15) is 8.42 Å². The number of hydrogen-bond acceptors (Lipinski definition) is 4. The molecule has 1 aliphatic rings. The molecule has 1 aromatic rings. The number of aromatic amines is 1. The Labute approximate surface area is 127 Å². The van der Waals surface area contributed by atoms with Gasteiger partial charge in [0.1, 0.15) is 0 Å². The molecule has 2 rings (SSSR count). The molecular formula is C14H26N4O2S. The van der Waals surface area contributed by atoms with Gasteiger partial charge in [-0.15, -0.1) is 0 Å². The van der Waals surface area contributed by atoms with E-state index >= 15 is 0 Å². The maximum atomic E-state index is 12.4. The highest BCUT2D eigenvalue weighted by Crippen LogP contribution is 2.23. The average Bonchev–Trinajstić information content (AvgIpc) is 2.96. The Morgan fingerprint density at radius 2 is 2.10 bits per heavy atom. The number of rotatable bonds is 8. The Bertz CT molecular complexity index is 521. The van der Waals surface area contributed by atoms with Crippen LogP contribution >= 0.6 is 0 Å². The molecule has 0 saturated heterocycles. The van der Waals surface area contributed by atoms with Crippen LogP contribution in [-0.2, 0) is 16.6 Å². The van der Waals surface area contributed by atoms with Crippen molar-refractivity contribution in [3.63, 3.8) is 0 Å². The highest BCUT2D eigenvalue weighted by atomic mass is 32.2. The molecule has 0 bridgehead atoms. The molecule has 0 spiro atoms. The lowest BCUT2D eigenvalue weighted by Crippen LogP contribution is -2.31. The third-order valence-electron chi connectivity index (χ3n) is 3.98. The Hall–Kier alpha value is -0.920. The minimum Gasteiger partial charge on any atom is -0.313 e. The number of hydrogen-bond donors (Lipinski definition) is 3. The second kappa shape index (κ2) is 7.91. The molecule has 1 aromatic heterocycles. The van der Waals surface area contributed by atoms with Crippen LogP contribution in [0, 0.1) is 5.92 Å². The molecule has 0 amide bonds. The molecule has 1 fully saturated rings. The van der Waals surface area contributed by atoms with Crippen molar-refractivity contribution in [2.45, 2.75) is 57.0 Å². The topological polar surface area (TPSA) is 86.9 Å². The van der Waals surface area contributed by atoms with Gasteiger partial charge in [-0.25, -0.2) is 13.1 Å². The average molecular weight is 314 g/mol. The van der Waals surface area contributed by atoms with Gasteiger partial charge >= 0.3 is 0 Å². The highest BCUT2D eigenvalue weighted by Gasteiger charge is 2.22. The Balaban J connectivity index is 1.93. The molecule has 0 radical (unpaired) electrons. The number of aromatic nitrogens is 2. The molecular weight excluding hydrogens is 288 g/mol. The fraction of sp³-hybridized carbons (Fsp3) is 0.786. The van der Waals surface area contributed by atoms with Gasteiger partial charge in [0.25, 0.3) is 10.0 Å². The molecule has 3 N–H and O–H groups in total. The van der Waals surface area contributed by atoms with Crippen molar-refractivity contribution in [2.24, 2.45) is 5.92 Å². The summed E-state index contributed by atoms with van der Waals surface area (Å²) in [6.45, 7) is 3.99. The summed E-state index contributed by atoms with van der Waals surface area (Å²) in [6, 6.07) is 0. The molecule has 120 valence electrons. The first-order valence-corrected chi connectivity index (χ1v) is 9.34. The number of H-pyrrole nitrogens is 1. The van der Waals surface area contributed by atoms with E-state index in [4.69, 9.17) is 0 Å². The predicted octanol–water partition coefficient (Wildman–Crippen LogP) is 1.77. The predicted molar refractivity (Wildman–Crippen MR) is 82.3 cm³/mol. The lowest BCUT2D eigenvalue weighted by Gasteiger charge is -2.21. The maximum absolute atomic E-state index is 12.4. The lowest BCUT2D eigenvalue weighted by atomic mass is 9.90. The maximum Gasteiger partial charge on any atom is 0.257 e. The van der Waals surface area contributed by atoms with Crippen molar-refractivity contribution in [1.82, 2.24) is 20.2 Å². The van der Waals surface area contributed by atoms with Crippen LogP contribution in [-0.4, -0.2) is 31.7 Å². The Kier molecular flexibility index (Phi) is 6.20. The summed E-state index contributed by atoms with van der Waals surface area (Å²) in [7, 11) is -3.49. The zero-order valence-electron chi connectivity index (χ0n) is 12.7. The molecule has 0 aromatic carbocycles. The fourth-order valence-electron chi connectivity index (χ4n) is 2.75. The standard InChI is InChI=1S/C14H26N4O2S/c1-2-8-15-10-13-11-16-18-14(13)21(19,20)17-9-12-6-4-3-5-7-12/h11-12,15,17H,2-10H2,1H3,(H,16,18). The van der Waals surface area contributed by atoms with E-state index in [1.807, 2.05) is 0 Å². The summed E-state index contributed by atoms with van der Waals surface area (Å²) in [5, 5.41) is 9.90.